The van der Waals surface area contributed by atoms with Gasteiger partial charge in [-0.15, -0.1) is 0 Å². The molecule has 0 bridgehead atoms. The Kier molecular flexibility index (Phi) is 7.23. The van der Waals surface area contributed by atoms with Gasteiger partial charge in [0.15, 0.2) is 0 Å². The normalized spacial score (nSPS) is 19.8. The molecule has 0 aromatic heterocycles. The SMILES string of the molecule is COc1cccc(CN2CC(C(=O)NC(C)c3ccccc3)CCC2c2ccccc2)c1. The number of benzene rings is 3. The first kappa shape index (κ1) is 22.1. The number of amides is 1. The number of nitrogens with zero attached hydrogens (tertiary/aromatic N) is 1. The van der Waals surface area contributed by atoms with E-state index in [-0.39, 0.29) is 17.9 Å². The number of nitrogens with one attached hydrogen (secondary N) is 1. The van der Waals surface area contributed by atoms with Crippen LogP contribution >= 0.6 is 0 Å². The Hall–Kier alpha value is -3.11. The summed E-state index contributed by atoms with van der Waals surface area (Å²) >= 11 is 0. The second kappa shape index (κ2) is 10.5. The highest BCUT2D eigenvalue weighted by atomic mass is 16.5. The summed E-state index contributed by atoms with van der Waals surface area (Å²) in [6, 6.07) is 29.3. The van der Waals surface area contributed by atoms with E-state index < -0.39 is 0 Å². The van der Waals surface area contributed by atoms with Gasteiger partial charge in [-0.1, -0.05) is 72.8 Å². The van der Waals surface area contributed by atoms with E-state index in [1.165, 1.54) is 11.1 Å². The first-order valence-electron chi connectivity index (χ1n) is 11.4. The molecule has 1 N–H and O–H groups in total. The van der Waals surface area contributed by atoms with E-state index in [1.807, 2.05) is 30.3 Å². The van der Waals surface area contributed by atoms with E-state index in [0.717, 1.165) is 37.2 Å². The molecule has 1 saturated heterocycles. The number of carbonyl (C=O) groups excluding carboxylic acids is 1. The molecule has 0 saturated carbocycles. The van der Waals surface area contributed by atoms with Crippen molar-refractivity contribution >= 4 is 5.91 Å². The number of methoxy groups -OCH3 is 1. The van der Waals surface area contributed by atoms with Crippen molar-refractivity contribution in [2.75, 3.05) is 13.7 Å². The molecule has 3 aromatic carbocycles. The van der Waals surface area contributed by atoms with Gasteiger partial charge in [-0.25, -0.2) is 0 Å². The molecule has 3 unspecified atom stereocenters. The standard InChI is InChI=1S/C28H32N2O2/c1-21(23-11-5-3-6-12-23)29-28(31)25-16-17-27(24-13-7-4-8-14-24)30(20-25)19-22-10-9-15-26(18-22)32-2/h3-15,18,21,25,27H,16-17,19-20H2,1-2H3,(H,29,31). The quantitative estimate of drug-likeness (QED) is 0.538. The number of hydrogen-bond acceptors (Lipinski definition) is 3. The molecule has 0 aliphatic carbocycles. The van der Waals surface area contributed by atoms with Gasteiger partial charge in [-0.05, 0) is 48.6 Å². The van der Waals surface area contributed by atoms with Crippen molar-refractivity contribution in [2.45, 2.75) is 38.4 Å². The zero-order chi connectivity index (χ0) is 22.3. The second-order valence-electron chi connectivity index (χ2n) is 8.62. The molecule has 1 amide bonds. The third kappa shape index (κ3) is 5.38. The number of rotatable bonds is 7. The highest BCUT2D eigenvalue weighted by molar-refractivity contribution is 5.79. The van der Waals surface area contributed by atoms with Crippen molar-refractivity contribution in [3.8, 4) is 5.75 Å². The lowest BCUT2D eigenvalue weighted by molar-refractivity contribution is -0.128. The van der Waals surface area contributed by atoms with Gasteiger partial charge in [-0.3, -0.25) is 9.69 Å². The monoisotopic (exact) mass is 428 g/mol. The minimum atomic E-state index is -0.0215. The van der Waals surface area contributed by atoms with Gasteiger partial charge in [0.1, 0.15) is 5.75 Å². The average molecular weight is 429 g/mol. The zero-order valence-electron chi connectivity index (χ0n) is 18.9. The van der Waals surface area contributed by atoms with Gasteiger partial charge in [-0.2, -0.15) is 0 Å². The minimum Gasteiger partial charge on any atom is -0.497 e. The smallest absolute Gasteiger partial charge is 0.224 e. The van der Waals surface area contributed by atoms with E-state index in [2.05, 4.69) is 71.7 Å². The number of carbonyl (C=O) groups is 1. The van der Waals surface area contributed by atoms with Crippen LogP contribution in [0.4, 0.5) is 0 Å². The third-order valence-corrected chi connectivity index (χ3v) is 6.42. The maximum atomic E-state index is 13.2. The molecule has 166 valence electrons. The van der Waals surface area contributed by atoms with Crippen LogP contribution in [0, 0.1) is 5.92 Å². The van der Waals surface area contributed by atoms with Gasteiger partial charge in [0.05, 0.1) is 19.1 Å². The fourth-order valence-electron chi connectivity index (χ4n) is 4.65. The lowest BCUT2D eigenvalue weighted by Crippen LogP contribution is -2.44. The summed E-state index contributed by atoms with van der Waals surface area (Å²) in [5.74, 6) is 0.983. The Balaban J connectivity index is 1.50. The number of piperidine rings is 1. The van der Waals surface area contributed by atoms with Crippen LogP contribution in [0.1, 0.15) is 48.5 Å². The summed E-state index contributed by atoms with van der Waals surface area (Å²) in [5.41, 5.74) is 3.64. The lowest BCUT2D eigenvalue weighted by atomic mass is 9.87. The maximum absolute atomic E-state index is 13.2. The number of ether oxygens (including phenoxy) is 1. The van der Waals surface area contributed by atoms with Gasteiger partial charge < -0.3 is 10.1 Å². The Morgan fingerprint density at radius 2 is 1.72 bits per heavy atom. The Morgan fingerprint density at radius 3 is 2.44 bits per heavy atom. The molecule has 3 aromatic rings. The van der Waals surface area contributed by atoms with Crippen molar-refractivity contribution in [2.24, 2.45) is 5.92 Å². The van der Waals surface area contributed by atoms with E-state index in [4.69, 9.17) is 4.74 Å². The number of hydrogen-bond donors (Lipinski definition) is 1. The lowest BCUT2D eigenvalue weighted by Gasteiger charge is -2.40. The predicted molar refractivity (Wildman–Crippen MR) is 128 cm³/mol. The first-order valence-corrected chi connectivity index (χ1v) is 11.4. The summed E-state index contributed by atoms with van der Waals surface area (Å²) < 4.78 is 5.42. The summed E-state index contributed by atoms with van der Waals surface area (Å²) in [6.45, 7) is 3.58. The van der Waals surface area contributed by atoms with Crippen molar-refractivity contribution in [1.29, 1.82) is 0 Å². The molecule has 1 aliphatic rings. The van der Waals surface area contributed by atoms with Crippen LogP contribution < -0.4 is 10.1 Å². The van der Waals surface area contributed by atoms with Crippen LogP contribution in [0.5, 0.6) is 5.75 Å². The summed E-state index contributed by atoms with van der Waals surface area (Å²) in [6.07, 6.45) is 1.85. The van der Waals surface area contributed by atoms with Crippen LogP contribution in [-0.4, -0.2) is 24.5 Å². The topological polar surface area (TPSA) is 41.6 Å². The van der Waals surface area contributed by atoms with Crippen molar-refractivity contribution in [1.82, 2.24) is 10.2 Å². The van der Waals surface area contributed by atoms with Crippen LogP contribution in [0.25, 0.3) is 0 Å². The second-order valence-corrected chi connectivity index (χ2v) is 8.62. The molecule has 32 heavy (non-hydrogen) atoms. The predicted octanol–water partition coefficient (Wildman–Crippen LogP) is 5.53. The molecule has 4 rings (SSSR count). The van der Waals surface area contributed by atoms with Gasteiger partial charge in [0.25, 0.3) is 0 Å². The summed E-state index contributed by atoms with van der Waals surface area (Å²) in [4.78, 5) is 15.6. The first-order chi connectivity index (χ1) is 15.6. The van der Waals surface area contributed by atoms with Gasteiger partial charge in [0.2, 0.25) is 5.91 Å². The Morgan fingerprint density at radius 1 is 1.00 bits per heavy atom. The van der Waals surface area contributed by atoms with E-state index in [0.29, 0.717) is 6.04 Å². The molecule has 4 nitrogen and oxygen atoms in total. The molecule has 3 atom stereocenters. The van der Waals surface area contributed by atoms with Crippen LogP contribution in [0.15, 0.2) is 84.9 Å². The molecule has 1 aliphatic heterocycles. The fourth-order valence-corrected chi connectivity index (χ4v) is 4.65. The average Bonchev–Trinajstić information content (AvgIpc) is 2.85. The molecular formula is C28H32N2O2. The van der Waals surface area contributed by atoms with Crippen molar-refractivity contribution in [3.05, 3.63) is 102 Å². The van der Waals surface area contributed by atoms with Gasteiger partial charge >= 0.3 is 0 Å². The van der Waals surface area contributed by atoms with Crippen molar-refractivity contribution in [3.63, 3.8) is 0 Å². The van der Waals surface area contributed by atoms with Crippen molar-refractivity contribution < 1.29 is 9.53 Å². The van der Waals surface area contributed by atoms with Crippen LogP contribution in [0.2, 0.25) is 0 Å². The minimum absolute atomic E-state index is 0.00220. The van der Waals surface area contributed by atoms with Crippen LogP contribution in [0.3, 0.4) is 0 Å². The van der Waals surface area contributed by atoms with E-state index in [9.17, 15) is 4.79 Å². The molecule has 1 fully saturated rings. The third-order valence-electron chi connectivity index (χ3n) is 6.42. The maximum Gasteiger partial charge on any atom is 0.224 e. The van der Waals surface area contributed by atoms with Crippen LogP contribution in [-0.2, 0) is 11.3 Å². The molecule has 4 heteroatoms. The molecular weight excluding hydrogens is 396 g/mol. The zero-order valence-corrected chi connectivity index (χ0v) is 18.9. The molecule has 0 spiro atoms. The highest BCUT2D eigenvalue weighted by Gasteiger charge is 2.33. The summed E-state index contributed by atoms with van der Waals surface area (Å²) in [7, 11) is 1.70. The highest BCUT2D eigenvalue weighted by Crippen LogP contribution is 2.35. The molecule has 0 radical (unpaired) electrons. The van der Waals surface area contributed by atoms with E-state index in [1.54, 1.807) is 7.11 Å². The number of likely N-dealkylation sites (tertiary alicyclic amines) is 1. The largest absolute Gasteiger partial charge is 0.497 e. The molecule has 1 heterocycles. The van der Waals surface area contributed by atoms with E-state index >= 15 is 0 Å². The fraction of sp³-hybridized carbons (Fsp3) is 0.321. The van der Waals surface area contributed by atoms with Gasteiger partial charge in [0, 0.05) is 19.1 Å². The Bertz CT molecular complexity index is 1010. The summed E-state index contributed by atoms with van der Waals surface area (Å²) in [5, 5.41) is 3.24. The Labute approximate surface area is 191 Å².